The Bertz CT molecular complexity index is 1130. The maximum Gasteiger partial charge on any atom is 0.309 e. The van der Waals surface area contributed by atoms with Crippen LogP contribution in [0.2, 0.25) is 0 Å². The molecule has 0 radical (unpaired) electrons. The minimum absolute atomic E-state index is 0.00604. The standard InChI is InChI=1S/C27H35NO8S/c1-18-10-12-21(13-11-18)37(32,33)28-22-16-34-26(30)9-5-7-20(3)24-15-14-23(29)25(36-24)17-35-27(31)8-4-6-19(22)2/h4-7,10-15,19-20,22-25,28-29H,8-9,16-17H2,1-3H3/b6-4+,7-5+/t19-,20-,22?,23+,24+,25-/m1/s1. The first-order chi connectivity index (χ1) is 17.5. The zero-order valence-corrected chi connectivity index (χ0v) is 22.1. The number of aryl methyl sites for hydroxylation is 1. The molecule has 2 bridgehead atoms. The highest BCUT2D eigenvalue weighted by atomic mass is 32.2. The van der Waals surface area contributed by atoms with E-state index in [-0.39, 0.29) is 43.0 Å². The highest BCUT2D eigenvalue weighted by Gasteiger charge is 2.29. The molecular weight excluding hydrogens is 498 g/mol. The normalized spacial score (nSPS) is 31.9. The summed E-state index contributed by atoms with van der Waals surface area (Å²) in [6.45, 7) is 5.23. The van der Waals surface area contributed by atoms with Gasteiger partial charge in [-0.1, -0.05) is 68.0 Å². The summed E-state index contributed by atoms with van der Waals surface area (Å²) >= 11 is 0. The molecule has 202 valence electrons. The third kappa shape index (κ3) is 8.63. The molecule has 6 atom stereocenters. The maximum atomic E-state index is 13.0. The fourth-order valence-corrected chi connectivity index (χ4v) is 5.18. The minimum Gasteiger partial charge on any atom is -0.464 e. The number of benzene rings is 1. The van der Waals surface area contributed by atoms with Crippen molar-refractivity contribution in [3.8, 4) is 0 Å². The first kappa shape index (κ1) is 28.8. The van der Waals surface area contributed by atoms with Gasteiger partial charge in [-0.25, -0.2) is 13.1 Å². The Kier molecular flexibility index (Phi) is 10.2. The van der Waals surface area contributed by atoms with Crippen molar-refractivity contribution in [2.75, 3.05) is 13.2 Å². The van der Waals surface area contributed by atoms with Gasteiger partial charge in [-0.15, -0.1) is 0 Å². The Morgan fingerprint density at radius 3 is 2.11 bits per heavy atom. The van der Waals surface area contributed by atoms with Gasteiger partial charge in [-0.2, -0.15) is 0 Å². The molecule has 1 aromatic carbocycles. The van der Waals surface area contributed by atoms with Crippen LogP contribution >= 0.6 is 0 Å². The lowest BCUT2D eigenvalue weighted by molar-refractivity contribution is -0.153. The molecule has 1 aromatic rings. The van der Waals surface area contributed by atoms with Crippen LogP contribution in [0.25, 0.3) is 0 Å². The highest BCUT2D eigenvalue weighted by molar-refractivity contribution is 7.89. The first-order valence-corrected chi connectivity index (χ1v) is 13.8. The van der Waals surface area contributed by atoms with Crippen LogP contribution < -0.4 is 4.72 Å². The van der Waals surface area contributed by atoms with E-state index in [1.807, 2.05) is 19.9 Å². The number of carbonyl (C=O) groups is 2. The summed E-state index contributed by atoms with van der Waals surface area (Å²) in [5.41, 5.74) is 0.926. The number of esters is 2. The van der Waals surface area contributed by atoms with Crippen molar-refractivity contribution in [1.29, 1.82) is 0 Å². The van der Waals surface area contributed by atoms with Crippen LogP contribution in [-0.2, 0) is 33.8 Å². The number of cyclic esters (lactones) is 2. The zero-order chi connectivity index (χ0) is 27.0. The molecule has 0 fully saturated rings. The first-order valence-electron chi connectivity index (χ1n) is 12.3. The van der Waals surface area contributed by atoms with Gasteiger partial charge in [0.2, 0.25) is 10.0 Å². The van der Waals surface area contributed by atoms with Crippen molar-refractivity contribution in [2.24, 2.45) is 11.8 Å². The van der Waals surface area contributed by atoms with Crippen molar-refractivity contribution in [3.63, 3.8) is 0 Å². The summed E-state index contributed by atoms with van der Waals surface area (Å²) in [5.74, 6) is -1.55. The van der Waals surface area contributed by atoms with Crippen molar-refractivity contribution in [1.82, 2.24) is 4.72 Å². The third-order valence-electron chi connectivity index (χ3n) is 6.28. The lowest BCUT2D eigenvalue weighted by atomic mass is 9.99. The summed E-state index contributed by atoms with van der Waals surface area (Å²) in [6, 6.07) is 5.66. The number of rotatable bonds is 3. The lowest BCUT2D eigenvalue weighted by Gasteiger charge is -2.31. The number of aliphatic hydroxyl groups is 1. The van der Waals surface area contributed by atoms with Gasteiger partial charge in [0.1, 0.15) is 25.4 Å². The van der Waals surface area contributed by atoms with E-state index in [0.29, 0.717) is 0 Å². The van der Waals surface area contributed by atoms with Gasteiger partial charge in [0, 0.05) is 5.92 Å². The summed E-state index contributed by atoms with van der Waals surface area (Å²) in [7, 11) is -3.88. The Balaban J connectivity index is 1.77. The van der Waals surface area contributed by atoms with Crippen LogP contribution in [0.4, 0.5) is 0 Å². The SMILES string of the molecule is Cc1ccc(S(=O)(=O)NC2COC(=O)C/C=C/[C@@H](C)[C@@H]3C=C[C@H](O)[C@@H](COC(=O)C/C=C/[C@H]2C)O3)cc1. The molecular formula is C27H35NO8S. The molecule has 0 spiro atoms. The zero-order valence-electron chi connectivity index (χ0n) is 21.3. The minimum atomic E-state index is -3.88. The Labute approximate surface area is 218 Å². The number of sulfonamides is 1. The van der Waals surface area contributed by atoms with Gasteiger partial charge in [-0.3, -0.25) is 9.59 Å². The predicted octanol–water partition coefficient (Wildman–Crippen LogP) is 2.59. The van der Waals surface area contributed by atoms with Crippen molar-refractivity contribution >= 4 is 22.0 Å². The van der Waals surface area contributed by atoms with Crippen LogP contribution in [0.15, 0.2) is 65.6 Å². The van der Waals surface area contributed by atoms with E-state index in [4.69, 9.17) is 14.2 Å². The molecule has 2 N–H and O–H groups in total. The smallest absolute Gasteiger partial charge is 0.309 e. The molecule has 10 heteroatoms. The van der Waals surface area contributed by atoms with Crippen LogP contribution in [0.1, 0.15) is 32.3 Å². The van der Waals surface area contributed by atoms with Crippen LogP contribution in [0, 0.1) is 18.8 Å². The molecule has 3 rings (SSSR count). The molecule has 0 aromatic heterocycles. The quantitative estimate of drug-likeness (QED) is 0.448. The molecule has 0 saturated carbocycles. The Hall–Kier alpha value is -2.79. The van der Waals surface area contributed by atoms with Gasteiger partial charge < -0.3 is 19.3 Å². The largest absolute Gasteiger partial charge is 0.464 e. The van der Waals surface area contributed by atoms with Crippen molar-refractivity contribution in [3.05, 3.63) is 66.3 Å². The molecule has 0 amide bonds. The van der Waals surface area contributed by atoms with Gasteiger partial charge >= 0.3 is 11.9 Å². The molecule has 2 aliphatic heterocycles. The summed E-state index contributed by atoms with van der Waals surface area (Å²) < 4.78 is 45.2. The van der Waals surface area contributed by atoms with E-state index in [2.05, 4.69) is 4.72 Å². The van der Waals surface area contributed by atoms with Gasteiger partial charge in [0.15, 0.2) is 0 Å². The second-order valence-electron chi connectivity index (χ2n) is 9.40. The van der Waals surface area contributed by atoms with E-state index in [1.54, 1.807) is 49.4 Å². The second kappa shape index (κ2) is 13.1. The van der Waals surface area contributed by atoms with E-state index in [0.717, 1.165) is 5.56 Å². The monoisotopic (exact) mass is 533 g/mol. The van der Waals surface area contributed by atoms with E-state index in [1.165, 1.54) is 12.1 Å². The summed E-state index contributed by atoms with van der Waals surface area (Å²) in [6.07, 6.45) is 8.07. The molecule has 0 saturated heterocycles. The molecule has 1 unspecified atom stereocenters. The molecule has 9 nitrogen and oxygen atoms in total. The number of aliphatic hydroxyl groups excluding tert-OH is 1. The molecule has 2 heterocycles. The average molecular weight is 534 g/mol. The van der Waals surface area contributed by atoms with Crippen molar-refractivity contribution in [2.45, 2.75) is 62.9 Å². The maximum absolute atomic E-state index is 13.0. The summed E-state index contributed by atoms with van der Waals surface area (Å²) in [4.78, 5) is 24.8. The van der Waals surface area contributed by atoms with Crippen molar-refractivity contribution < 1.29 is 37.3 Å². The number of carbonyl (C=O) groups excluding carboxylic acids is 2. The molecule has 0 aliphatic carbocycles. The highest BCUT2D eigenvalue weighted by Crippen LogP contribution is 2.21. The number of ether oxygens (including phenoxy) is 3. The van der Waals surface area contributed by atoms with Gasteiger partial charge in [0.05, 0.1) is 29.9 Å². The number of fused-ring (bicyclic) bond motifs is 2. The molecule has 2 aliphatic rings. The van der Waals surface area contributed by atoms with Gasteiger partial charge in [0.25, 0.3) is 0 Å². The average Bonchev–Trinajstić information content (AvgIpc) is 2.85. The van der Waals surface area contributed by atoms with Crippen LogP contribution in [0.5, 0.6) is 0 Å². The van der Waals surface area contributed by atoms with E-state index < -0.39 is 46.1 Å². The van der Waals surface area contributed by atoms with E-state index >= 15 is 0 Å². The van der Waals surface area contributed by atoms with E-state index in [9.17, 15) is 23.1 Å². The Morgan fingerprint density at radius 2 is 1.46 bits per heavy atom. The fourth-order valence-electron chi connectivity index (χ4n) is 3.87. The van der Waals surface area contributed by atoms with Gasteiger partial charge in [-0.05, 0) is 25.0 Å². The topological polar surface area (TPSA) is 128 Å². The molecule has 37 heavy (non-hydrogen) atoms. The fraction of sp³-hybridized carbons (Fsp3) is 0.481. The number of hydrogen-bond donors (Lipinski definition) is 2. The third-order valence-corrected chi connectivity index (χ3v) is 7.79. The predicted molar refractivity (Wildman–Crippen MR) is 137 cm³/mol. The second-order valence-corrected chi connectivity index (χ2v) is 11.1. The Morgan fingerprint density at radius 1 is 0.865 bits per heavy atom. The number of hydrogen-bond acceptors (Lipinski definition) is 8. The van der Waals surface area contributed by atoms with Crippen LogP contribution in [-0.4, -0.2) is 63.0 Å². The summed E-state index contributed by atoms with van der Waals surface area (Å²) in [5, 5.41) is 10.2. The lowest BCUT2D eigenvalue weighted by Crippen LogP contribution is -2.42. The number of nitrogens with one attached hydrogen (secondary N) is 1. The van der Waals surface area contributed by atoms with Crippen LogP contribution in [0.3, 0.4) is 0 Å².